The van der Waals surface area contributed by atoms with E-state index in [0.29, 0.717) is 28.2 Å². The van der Waals surface area contributed by atoms with Crippen LogP contribution >= 0.6 is 0 Å². The van der Waals surface area contributed by atoms with Crippen LogP contribution in [0.25, 0.3) is 28.6 Å². The van der Waals surface area contributed by atoms with E-state index >= 15 is 0 Å². The highest BCUT2D eigenvalue weighted by Gasteiger charge is 2.10. The van der Waals surface area contributed by atoms with Crippen LogP contribution in [0.2, 0.25) is 0 Å². The van der Waals surface area contributed by atoms with Crippen molar-refractivity contribution in [2.24, 2.45) is 0 Å². The summed E-state index contributed by atoms with van der Waals surface area (Å²) in [7, 11) is 0. The van der Waals surface area contributed by atoms with E-state index < -0.39 is 4.92 Å². The van der Waals surface area contributed by atoms with E-state index in [1.807, 2.05) is 31.2 Å². The van der Waals surface area contributed by atoms with Crippen molar-refractivity contribution in [3.63, 3.8) is 0 Å². The molecule has 0 aliphatic heterocycles. The number of amides is 1. The lowest BCUT2D eigenvalue weighted by Crippen LogP contribution is -2.07. The van der Waals surface area contributed by atoms with Crippen molar-refractivity contribution in [1.82, 2.24) is 4.98 Å². The number of carbonyl (C=O) groups excluding carboxylic acids is 1. The van der Waals surface area contributed by atoms with E-state index in [-0.39, 0.29) is 11.6 Å². The van der Waals surface area contributed by atoms with Gasteiger partial charge in [0.05, 0.1) is 4.92 Å². The van der Waals surface area contributed by atoms with E-state index in [1.165, 1.54) is 24.3 Å². The van der Waals surface area contributed by atoms with Gasteiger partial charge in [0.15, 0.2) is 5.58 Å². The molecule has 7 nitrogen and oxygen atoms in total. The van der Waals surface area contributed by atoms with Gasteiger partial charge in [-0.05, 0) is 48.9 Å². The first-order valence-corrected chi connectivity index (χ1v) is 9.19. The third kappa shape index (κ3) is 4.25. The molecule has 0 saturated heterocycles. The Hall–Kier alpha value is -4.26. The Morgan fingerprint density at radius 1 is 1.10 bits per heavy atom. The predicted octanol–water partition coefficient (Wildman–Crippen LogP) is 5.36. The van der Waals surface area contributed by atoms with Crippen molar-refractivity contribution in [3.05, 3.63) is 94.0 Å². The lowest BCUT2D eigenvalue weighted by atomic mass is 10.1. The quantitative estimate of drug-likeness (QED) is 0.277. The molecule has 0 aliphatic carbocycles. The number of carbonyl (C=O) groups is 1. The molecule has 0 unspecified atom stereocenters. The highest BCUT2D eigenvalue weighted by atomic mass is 16.6. The van der Waals surface area contributed by atoms with Gasteiger partial charge in [-0.2, -0.15) is 0 Å². The fraction of sp³-hybridized carbons (Fsp3) is 0.0435. The predicted molar refractivity (Wildman–Crippen MR) is 115 cm³/mol. The van der Waals surface area contributed by atoms with Gasteiger partial charge in [0.2, 0.25) is 11.8 Å². The first-order valence-electron chi connectivity index (χ1n) is 9.19. The number of anilines is 1. The lowest BCUT2D eigenvalue weighted by molar-refractivity contribution is -0.384. The van der Waals surface area contributed by atoms with E-state index in [1.54, 1.807) is 30.3 Å². The molecule has 0 bridgehead atoms. The number of rotatable bonds is 5. The summed E-state index contributed by atoms with van der Waals surface area (Å²) < 4.78 is 5.80. The Morgan fingerprint density at radius 2 is 1.90 bits per heavy atom. The Balaban J connectivity index is 1.49. The molecule has 1 amide bonds. The van der Waals surface area contributed by atoms with Crippen molar-refractivity contribution in [1.29, 1.82) is 0 Å². The fourth-order valence-electron chi connectivity index (χ4n) is 2.92. The van der Waals surface area contributed by atoms with Gasteiger partial charge >= 0.3 is 0 Å². The molecule has 148 valence electrons. The first kappa shape index (κ1) is 19.1. The summed E-state index contributed by atoms with van der Waals surface area (Å²) in [5.41, 5.74) is 4.38. The van der Waals surface area contributed by atoms with Crippen molar-refractivity contribution in [3.8, 4) is 11.5 Å². The average Bonchev–Trinajstić information content (AvgIpc) is 3.16. The normalized spacial score (nSPS) is 11.1. The summed E-state index contributed by atoms with van der Waals surface area (Å²) in [5, 5.41) is 13.6. The molecule has 0 radical (unpaired) electrons. The maximum absolute atomic E-state index is 12.2. The summed E-state index contributed by atoms with van der Waals surface area (Å²) in [4.78, 5) is 27.1. The second-order valence-corrected chi connectivity index (χ2v) is 6.74. The summed E-state index contributed by atoms with van der Waals surface area (Å²) in [6.45, 7) is 2.01. The minimum absolute atomic E-state index is 0.0292. The number of nitro groups is 1. The molecule has 0 saturated carbocycles. The summed E-state index contributed by atoms with van der Waals surface area (Å²) in [6.07, 6.45) is 2.84. The van der Waals surface area contributed by atoms with Gasteiger partial charge in [0, 0.05) is 29.5 Å². The number of nitro benzene ring substituents is 1. The smallest absolute Gasteiger partial charge is 0.270 e. The number of oxazole rings is 1. The zero-order valence-corrected chi connectivity index (χ0v) is 16.0. The number of fused-ring (bicyclic) bond motifs is 1. The topological polar surface area (TPSA) is 98.3 Å². The van der Waals surface area contributed by atoms with Crippen LogP contribution in [0.5, 0.6) is 0 Å². The standard InChI is InChI=1S/C23H17N3O4/c1-15-5-8-17(9-6-15)23-25-20-14-18(10-11-21(20)30-23)24-22(27)12-7-16-3-2-4-19(13-16)26(28)29/h2-14H,1H3,(H,24,27)/b12-7+. The number of nitrogens with zero attached hydrogens (tertiary/aromatic N) is 2. The SMILES string of the molecule is Cc1ccc(-c2nc3cc(NC(=O)/C=C/c4cccc([N+](=O)[O-])c4)ccc3o2)cc1. The Morgan fingerprint density at radius 3 is 2.67 bits per heavy atom. The third-order valence-corrected chi connectivity index (χ3v) is 4.46. The maximum atomic E-state index is 12.2. The van der Waals surface area contributed by atoms with E-state index in [0.717, 1.165) is 11.1 Å². The zero-order valence-electron chi connectivity index (χ0n) is 16.0. The summed E-state index contributed by atoms with van der Waals surface area (Å²) in [5.74, 6) is 0.155. The molecule has 0 fully saturated rings. The Labute approximate surface area is 171 Å². The van der Waals surface area contributed by atoms with Crippen molar-refractivity contribution in [2.45, 2.75) is 6.92 Å². The monoisotopic (exact) mass is 399 g/mol. The average molecular weight is 399 g/mol. The van der Waals surface area contributed by atoms with E-state index in [9.17, 15) is 14.9 Å². The minimum Gasteiger partial charge on any atom is -0.436 e. The van der Waals surface area contributed by atoms with Crippen LogP contribution in [0.3, 0.4) is 0 Å². The molecule has 30 heavy (non-hydrogen) atoms. The lowest BCUT2D eigenvalue weighted by Gasteiger charge is -2.01. The van der Waals surface area contributed by atoms with Crippen LogP contribution in [0, 0.1) is 17.0 Å². The Kier molecular flexibility index (Phi) is 5.09. The van der Waals surface area contributed by atoms with Gasteiger partial charge in [0.25, 0.3) is 5.69 Å². The molecular weight excluding hydrogens is 382 g/mol. The molecule has 0 spiro atoms. The first-order chi connectivity index (χ1) is 14.5. The van der Waals surface area contributed by atoms with Crippen LogP contribution in [0.15, 0.2) is 77.2 Å². The molecule has 0 atom stereocenters. The number of benzene rings is 3. The van der Waals surface area contributed by atoms with Gasteiger partial charge in [-0.15, -0.1) is 0 Å². The molecule has 4 aromatic rings. The number of non-ortho nitro benzene ring substituents is 1. The maximum Gasteiger partial charge on any atom is 0.270 e. The van der Waals surface area contributed by atoms with Crippen molar-refractivity contribution in [2.75, 3.05) is 5.32 Å². The second kappa shape index (κ2) is 8.00. The number of hydrogen-bond donors (Lipinski definition) is 1. The highest BCUT2D eigenvalue weighted by Crippen LogP contribution is 2.26. The molecular formula is C23H17N3O4. The van der Waals surface area contributed by atoms with Crippen molar-refractivity contribution >= 4 is 34.5 Å². The largest absolute Gasteiger partial charge is 0.436 e. The molecule has 1 heterocycles. The highest BCUT2D eigenvalue weighted by molar-refractivity contribution is 6.02. The fourth-order valence-corrected chi connectivity index (χ4v) is 2.92. The Bertz CT molecular complexity index is 1270. The van der Waals surface area contributed by atoms with Gasteiger partial charge in [-0.25, -0.2) is 4.98 Å². The second-order valence-electron chi connectivity index (χ2n) is 6.74. The van der Waals surface area contributed by atoms with Gasteiger partial charge < -0.3 is 9.73 Å². The molecule has 7 heteroatoms. The van der Waals surface area contributed by atoms with Gasteiger partial charge in [0.1, 0.15) is 5.52 Å². The minimum atomic E-state index is -0.477. The van der Waals surface area contributed by atoms with E-state index in [2.05, 4.69) is 10.3 Å². The summed E-state index contributed by atoms with van der Waals surface area (Å²) in [6, 6.07) is 19.1. The molecule has 0 aliphatic rings. The van der Waals surface area contributed by atoms with Crippen molar-refractivity contribution < 1.29 is 14.1 Å². The molecule has 1 aromatic heterocycles. The van der Waals surface area contributed by atoms with Gasteiger partial charge in [-0.3, -0.25) is 14.9 Å². The number of hydrogen-bond acceptors (Lipinski definition) is 5. The van der Waals surface area contributed by atoms with Gasteiger partial charge in [-0.1, -0.05) is 29.8 Å². The molecule has 3 aromatic carbocycles. The van der Waals surface area contributed by atoms with E-state index in [4.69, 9.17) is 4.42 Å². The zero-order chi connectivity index (χ0) is 21.1. The van der Waals surface area contributed by atoms with Crippen LogP contribution in [0.4, 0.5) is 11.4 Å². The number of aryl methyl sites for hydroxylation is 1. The van der Waals surface area contributed by atoms with Crippen LogP contribution in [-0.4, -0.2) is 15.8 Å². The third-order valence-electron chi connectivity index (χ3n) is 4.46. The summed E-state index contributed by atoms with van der Waals surface area (Å²) >= 11 is 0. The number of aromatic nitrogens is 1. The van der Waals surface area contributed by atoms with Crippen LogP contribution in [-0.2, 0) is 4.79 Å². The van der Waals surface area contributed by atoms with Crippen LogP contribution in [0.1, 0.15) is 11.1 Å². The molecule has 1 N–H and O–H groups in total. The number of nitrogens with one attached hydrogen (secondary N) is 1. The molecule has 4 rings (SSSR count). The van der Waals surface area contributed by atoms with Crippen LogP contribution < -0.4 is 5.32 Å².